The second-order valence-electron chi connectivity index (χ2n) is 7.62. The lowest BCUT2D eigenvalue weighted by Gasteiger charge is -2.31. The third-order valence-corrected chi connectivity index (χ3v) is 5.86. The SMILES string of the molecule is CC(NC(=O)CC1CCCCC1)C(=O)N1C2CCNCC1CC2. The molecule has 3 fully saturated rings. The van der Waals surface area contributed by atoms with Crippen LogP contribution in [0.3, 0.4) is 0 Å². The average Bonchev–Trinajstić information content (AvgIpc) is 2.80. The van der Waals surface area contributed by atoms with Gasteiger partial charge in [0.15, 0.2) is 0 Å². The van der Waals surface area contributed by atoms with Crippen LogP contribution in [0.25, 0.3) is 0 Å². The number of hydrogen-bond acceptors (Lipinski definition) is 3. The van der Waals surface area contributed by atoms with Crippen molar-refractivity contribution >= 4 is 11.8 Å². The van der Waals surface area contributed by atoms with Gasteiger partial charge in [0.05, 0.1) is 0 Å². The van der Waals surface area contributed by atoms with Gasteiger partial charge in [0.1, 0.15) is 6.04 Å². The first kappa shape index (κ1) is 16.7. The molecule has 3 atom stereocenters. The summed E-state index contributed by atoms with van der Waals surface area (Å²) in [6.07, 6.45) is 9.95. The molecule has 2 amide bonds. The van der Waals surface area contributed by atoms with E-state index < -0.39 is 6.04 Å². The molecule has 130 valence electrons. The number of nitrogens with zero attached hydrogens (tertiary/aromatic N) is 1. The highest BCUT2D eigenvalue weighted by atomic mass is 16.2. The zero-order valence-corrected chi connectivity index (χ0v) is 14.4. The normalized spacial score (nSPS) is 29.9. The summed E-state index contributed by atoms with van der Waals surface area (Å²) in [6, 6.07) is 0.278. The third kappa shape index (κ3) is 4.06. The first-order valence-corrected chi connectivity index (χ1v) is 9.47. The van der Waals surface area contributed by atoms with Gasteiger partial charge in [0.2, 0.25) is 11.8 Å². The van der Waals surface area contributed by atoms with Crippen molar-refractivity contribution in [3.63, 3.8) is 0 Å². The maximum atomic E-state index is 12.8. The maximum absolute atomic E-state index is 12.8. The Morgan fingerprint density at radius 2 is 1.83 bits per heavy atom. The maximum Gasteiger partial charge on any atom is 0.245 e. The molecule has 2 saturated heterocycles. The second kappa shape index (κ2) is 7.65. The van der Waals surface area contributed by atoms with E-state index in [0.717, 1.165) is 45.2 Å². The summed E-state index contributed by atoms with van der Waals surface area (Å²) >= 11 is 0. The summed E-state index contributed by atoms with van der Waals surface area (Å²) in [5.74, 6) is 0.681. The number of carbonyl (C=O) groups excluding carboxylic acids is 2. The van der Waals surface area contributed by atoms with Crippen LogP contribution < -0.4 is 10.6 Å². The summed E-state index contributed by atoms with van der Waals surface area (Å²) in [5, 5.41) is 6.38. The Bertz CT molecular complexity index is 420. The molecule has 1 aliphatic carbocycles. The molecule has 2 aliphatic heterocycles. The van der Waals surface area contributed by atoms with Gasteiger partial charge in [-0.3, -0.25) is 9.59 Å². The molecule has 2 bridgehead atoms. The highest BCUT2D eigenvalue weighted by Gasteiger charge is 2.39. The van der Waals surface area contributed by atoms with Crippen LogP contribution in [0, 0.1) is 5.92 Å². The molecule has 5 heteroatoms. The van der Waals surface area contributed by atoms with Crippen LogP contribution in [-0.2, 0) is 9.59 Å². The molecule has 3 unspecified atom stereocenters. The molecule has 5 nitrogen and oxygen atoms in total. The van der Waals surface area contributed by atoms with E-state index in [4.69, 9.17) is 0 Å². The fourth-order valence-electron chi connectivity index (χ4n) is 4.58. The van der Waals surface area contributed by atoms with E-state index in [-0.39, 0.29) is 11.8 Å². The molecule has 0 radical (unpaired) electrons. The zero-order chi connectivity index (χ0) is 16.2. The number of fused-ring (bicyclic) bond motifs is 2. The largest absolute Gasteiger partial charge is 0.345 e. The minimum absolute atomic E-state index is 0.0537. The fraction of sp³-hybridized carbons (Fsp3) is 0.889. The molecule has 3 aliphatic rings. The Morgan fingerprint density at radius 1 is 1.09 bits per heavy atom. The molecule has 3 rings (SSSR count). The summed E-state index contributed by atoms with van der Waals surface area (Å²) in [6.45, 7) is 3.73. The molecule has 0 aromatic rings. The molecular weight excluding hydrogens is 290 g/mol. The number of nitrogens with one attached hydrogen (secondary N) is 2. The van der Waals surface area contributed by atoms with Crippen molar-refractivity contribution in [2.75, 3.05) is 13.1 Å². The van der Waals surface area contributed by atoms with Crippen LogP contribution in [0.4, 0.5) is 0 Å². The van der Waals surface area contributed by atoms with Crippen molar-refractivity contribution < 1.29 is 9.59 Å². The number of carbonyl (C=O) groups is 2. The van der Waals surface area contributed by atoms with Crippen molar-refractivity contribution in [3.8, 4) is 0 Å². The number of rotatable bonds is 4. The Morgan fingerprint density at radius 3 is 2.61 bits per heavy atom. The van der Waals surface area contributed by atoms with E-state index in [1.54, 1.807) is 0 Å². The summed E-state index contributed by atoms with van der Waals surface area (Å²) in [5.41, 5.74) is 0. The lowest BCUT2D eigenvalue weighted by molar-refractivity contribution is -0.138. The van der Waals surface area contributed by atoms with Crippen LogP contribution in [0.1, 0.15) is 64.7 Å². The molecule has 0 spiro atoms. The van der Waals surface area contributed by atoms with Gasteiger partial charge in [-0.05, 0) is 51.5 Å². The van der Waals surface area contributed by atoms with Crippen molar-refractivity contribution in [2.45, 2.75) is 82.8 Å². The summed E-state index contributed by atoms with van der Waals surface area (Å²) in [7, 11) is 0. The Balaban J connectivity index is 1.51. The third-order valence-electron chi connectivity index (χ3n) is 5.86. The number of amides is 2. The van der Waals surface area contributed by atoms with Gasteiger partial charge < -0.3 is 15.5 Å². The van der Waals surface area contributed by atoms with Gasteiger partial charge >= 0.3 is 0 Å². The van der Waals surface area contributed by atoms with Crippen molar-refractivity contribution in [3.05, 3.63) is 0 Å². The van der Waals surface area contributed by atoms with Crippen molar-refractivity contribution in [2.24, 2.45) is 5.92 Å². The fourth-order valence-corrected chi connectivity index (χ4v) is 4.58. The molecule has 23 heavy (non-hydrogen) atoms. The quantitative estimate of drug-likeness (QED) is 0.830. The molecule has 0 aromatic carbocycles. The minimum Gasteiger partial charge on any atom is -0.345 e. The lowest BCUT2D eigenvalue weighted by Crippen LogP contribution is -2.52. The molecule has 1 saturated carbocycles. The van der Waals surface area contributed by atoms with Gasteiger partial charge in [-0.2, -0.15) is 0 Å². The standard InChI is InChI=1S/C18H31N3O2/c1-13(20-17(22)11-14-5-3-2-4-6-14)18(23)21-15-7-8-16(21)12-19-10-9-15/h13-16,19H,2-12H2,1H3,(H,20,22). The van der Waals surface area contributed by atoms with Crippen LogP contribution in [0.2, 0.25) is 0 Å². The first-order valence-electron chi connectivity index (χ1n) is 9.47. The van der Waals surface area contributed by atoms with E-state index in [1.165, 1.54) is 19.3 Å². The molecular formula is C18H31N3O2. The summed E-state index contributed by atoms with van der Waals surface area (Å²) < 4.78 is 0. The minimum atomic E-state index is -0.396. The van der Waals surface area contributed by atoms with Gasteiger partial charge in [0.25, 0.3) is 0 Å². The molecule has 2 heterocycles. The van der Waals surface area contributed by atoms with Crippen molar-refractivity contribution in [1.82, 2.24) is 15.5 Å². The Hall–Kier alpha value is -1.10. The van der Waals surface area contributed by atoms with E-state index >= 15 is 0 Å². The Kier molecular flexibility index (Phi) is 5.57. The smallest absolute Gasteiger partial charge is 0.245 e. The van der Waals surface area contributed by atoms with Gasteiger partial charge in [-0.25, -0.2) is 0 Å². The van der Waals surface area contributed by atoms with Crippen LogP contribution >= 0.6 is 0 Å². The van der Waals surface area contributed by atoms with Gasteiger partial charge in [-0.1, -0.05) is 19.3 Å². The second-order valence-corrected chi connectivity index (χ2v) is 7.62. The monoisotopic (exact) mass is 321 g/mol. The predicted molar refractivity (Wildman–Crippen MR) is 89.9 cm³/mol. The average molecular weight is 321 g/mol. The van der Waals surface area contributed by atoms with E-state index in [0.29, 0.717) is 24.4 Å². The van der Waals surface area contributed by atoms with Gasteiger partial charge in [-0.15, -0.1) is 0 Å². The van der Waals surface area contributed by atoms with E-state index in [9.17, 15) is 9.59 Å². The Labute approximate surface area is 139 Å². The van der Waals surface area contributed by atoms with Gasteiger partial charge in [0, 0.05) is 25.0 Å². The predicted octanol–water partition coefficient (Wildman–Crippen LogP) is 1.81. The topological polar surface area (TPSA) is 61.4 Å². The van der Waals surface area contributed by atoms with Crippen LogP contribution in [-0.4, -0.2) is 47.9 Å². The zero-order valence-electron chi connectivity index (χ0n) is 14.4. The van der Waals surface area contributed by atoms with E-state index in [1.807, 2.05) is 6.92 Å². The van der Waals surface area contributed by atoms with Crippen LogP contribution in [0.5, 0.6) is 0 Å². The molecule has 2 N–H and O–H groups in total. The highest BCUT2D eigenvalue weighted by molar-refractivity contribution is 5.88. The number of hydrogen-bond donors (Lipinski definition) is 2. The lowest BCUT2D eigenvalue weighted by atomic mass is 9.87. The van der Waals surface area contributed by atoms with Crippen molar-refractivity contribution in [1.29, 1.82) is 0 Å². The summed E-state index contributed by atoms with van der Waals surface area (Å²) in [4.78, 5) is 27.1. The highest BCUT2D eigenvalue weighted by Crippen LogP contribution is 2.29. The first-order chi connectivity index (χ1) is 11.1. The molecule has 0 aromatic heterocycles. The van der Waals surface area contributed by atoms with Crippen LogP contribution in [0.15, 0.2) is 0 Å². The van der Waals surface area contributed by atoms with E-state index in [2.05, 4.69) is 15.5 Å².